The van der Waals surface area contributed by atoms with Gasteiger partial charge in [-0.25, -0.2) is 9.40 Å². The first kappa shape index (κ1) is 26.3. The Morgan fingerprint density at radius 1 is 1.08 bits per heavy atom. The number of carbonyl (C=O) groups excluding carboxylic acids is 2. The molecule has 4 rings (SSSR count). The smallest absolute Gasteiger partial charge is 0.262 e. The van der Waals surface area contributed by atoms with E-state index in [1.54, 1.807) is 26.4 Å². The SMILES string of the molecule is COCCN(CC(=O)N1N=C(c2cccs2)CC1c1ccc(OC)c(OC)c1)C(=O)c1ccccc1F. The van der Waals surface area contributed by atoms with Crippen LogP contribution in [0.15, 0.2) is 65.1 Å². The summed E-state index contributed by atoms with van der Waals surface area (Å²) in [6.07, 6.45) is 0.487. The van der Waals surface area contributed by atoms with Crippen molar-refractivity contribution in [1.82, 2.24) is 9.91 Å². The molecule has 1 unspecified atom stereocenters. The van der Waals surface area contributed by atoms with E-state index in [1.807, 2.05) is 29.6 Å². The molecule has 2 heterocycles. The predicted octanol–water partition coefficient (Wildman–Crippen LogP) is 4.37. The minimum Gasteiger partial charge on any atom is -0.493 e. The lowest BCUT2D eigenvalue weighted by Gasteiger charge is -2.27. The first-order chi connectivity index (χ1) is 18.0. The Morgan fingerprint density at radius 2 is 1.86 bits per heavy atom. The number of hydrogen-bond acceptors (Lipinski definition) is 7. The van der Waals surface area contributed by atoms with E-state index >= 15 is 0 Å². The highest BCUT2D eigenvalue weighted by Gasteiger charge is 2.35. The van der Waals surface area contributed by atoms with E-state index in [0.29, 0.717) is 17.9 Å². The zero-order valence-corrected chi connectivity index (χ0v) is 21.7. The fourth-order valence-electron chi connectivity index (χ4n) is 4.15. The summed E-state index contributed by atoms with van der Waals surface area (Å²) in [5, 5.41) is 8.02. The number of methoxy groups -OCH3 is 3. The molecule has 2 aromatic carbocycles. The minimum absolute atomic E-state index is 0.105. The van der Waals surface area contributed by atoms with Gasteiger partial charge in [0.15, 0.2) is 11.5 Å². The second kappa shape index (κ2) is 12.0. The maximum atomic E-state index is 14.4. The summed E-state index contributed by atoms with van der Waals surface area (Å²) in [5.74, 6) is -0.527. The average molecular weight is 526 g/mol. The van der Waals surface area contributed by atoms with Crippen molar-refractivity contribution in [1.29, 1.82) is 0 Å². The van der Waals surface area contributed by atoms with Crippen LogP contribution >= 0.6 is 11.3 Å². The quantitative estimate of drug-likeness (QED) is 0.393. The molecule has 2 amide bonds. The molecular formula is C27H28FN3O5S. The molecule has 0 spiro atoms. The van der Waals surface area contributed by atoms with Crippen LogP contribution in [0.3, 0.4) is 0 Å². The van der Waals surface area contributed by atoms with Crippen LogP contribution in [-0.4, -0.2) is 68.5 Å². The molecular weight excluding hydrogens is 497 g/mol. The second-order valence-electron chi connectivity index (χ2n) is 8.30. The Labute approximate surface area is 218 Å². The van der Waals surface area contributed by atoms with Crippen LogP contribution in [0.5, 0.6) is 11.5 Å². The summed E-state index contributed by atoms with van der Waals surface area (Å²) in [5.41, 5.74) is 1.48. The average Bonchev–Trinajstić information content (AvgIpc) is 3.61. The normalized spacial score (nSPS) is 14.9. The molecule has 0 saturated heterocycles. The Bertz CT molecular complexity index is 1280. The zero-order valence-electron chi connectivity index (χ0n) is 20.8. The third kappa shape index (κ3) is 5.81. The molecule has 0 bridgehead atoms. The van der Waals surface area contributed by atoms with Crippen LogP contribution in [0.2, 0.25) is 0 Å². The van der Waals surface area contributed by atoms with E-state index in [4.69, 9.17) is 14.2 Å². The Kier molecular flexibility index (Phi) is 8.52. The van der Waals surface area contributed by atoms with E-state index in [0.717, 1.165) is 16.2 Å². The van der Waals surface area contributed by atoms with Crippen molar-refractivity contribution in [2.24, 2.45) is 5.10 Å². The monoisotopic (exact) mass is 525 g/mol. The highest BCUT2D eigenvalue weighted by atomic mass is 32.1. The molecule has 1 aliphatic heterocycles. The van der Waals surface area contributed by atoms with Gasteiger partial charge < -0.3 is 19.1 Å². The van der Waals surface area contributed by atoms with E-state index in [1.165, 1.54) is 46.6 Å². The number of nitrogens with zero attached hydrogens (tertiary/aromatic N) is 3. The molecule has 1 atom stereocenters. The largest absolute Gasteiger partial charge is 0.493 e. The molecule has 0 N–H and O–H groups in total. The van der Waals surface area contributed by atoms with E-state index < -0.39 is 23.7 Å². The number of hydrogen-bond donors (Lipinski definition) is 0. The number of benzene rings is 2. The molecule has 3 aromatic rings. The van der Waals surface area contributed by atoms with Gasteiger partial charge >= 0.3 is 0 Å². The van der Waals surface area contributed by atoms with Crippen molar-refractivity contribution in [2.45, 2.75) is 12.5 Å². The lowest BCUT2D eigenvalue weighted by molar-refractivity contribution is -0.133. The fourth-order valence-corrected chi connectivity index (χ4v) is 4.87. The summed E-state index contributed by atoms with van der Waals surface area (Å²) < 4.78 is 30.3. The third-order valence-electron chi connectivity index (χ3n) is 6.05. The Morgan fingerprint density at radius 3 is 2.54 bits per heavy atom. The van der Waals surface area contributed by atoms with Gasteiger partial charge in [-0.2, -0.15) is 5.10 Å². The highest BCUT2D eigenvalue weighted by molar-refractivity contribution is 7.12. The van der Waals surface area contributed by atoms with Gasteiger partial charge in [0.2, 0.25) is 0 Å². The summed E-state index contributed by atoms with van der Waals surface area (Å²) in [6, 6.07) is 14.6. The second-order valence-corrected chi connectivity index (χ2v) is 9.24. The molecule has 194 valence electrons. The fraction of sp³-hybridized carbons (Fsp3) is 0.296. The molecule has 37 heavy (non-hydrogen) atoms. The van der Waals surface area contributed by atoms with Gasteiger partial charge in [0.05, 0.1) is 43.0 Å². The summed E-state index contributed by atoms with van der Waals surface area (Å²) in [7, 11) is 4.61. The molecule has 0 radical (unpaired) electrons. The summed E-state index contributed by atoms with van der Waals surface area (Å²) in [6.45, 7) is 0.0175. The predicted molar refractivity (Wildman–Crippen MR) is 139 cm³/mol. The van der Waals surface area contributed by atoms with Gasteiger partial charge in [-0.05, 0) is 41.3 Å². The standard InChI is InChI=1S/C27H28FN3O5S/c1-34-13-12-30(27(33)19-7-4-5-8-20(19)28)17-26(32)31-22(16-21(29-31)25-9-6-14-37-25)18-10-11-23(35-2)24(15-18)36-3/h4-11,14-15,22H,12-13,16-17H2,1-3H3. The van der Waals surface area contributed by atoms with E-state index in [-0.39, 0.29) is 25.3 Å². The number of halogens is 1. The van der Waals surface area contributed by atoms with Crippen molar-refractivity contribution in [2.75, 3.05) is 41.0 Å². The Balaban J connectivity index is 1.65. The first-order valence-corrected chi connectivity index (χ1v) is 12.5. The topological polar surface area (TPSA) is 80.7 Å². The summed E-state index contributed by atoms with van der Waals surface area (Å²) in [4.78, 5) is 29.1. The highest BCUT2D eigenvalue weighted by Crippen LogP contribution is 2.38. The van der Waals surface area contributed by atoms with Crippen LogP contribution in [0.25, 0.3) is 0 Å². The van der Waals surface area contributed by atoms with E-state index in [2.05, 4.69) is 5.10 Å². The number of hydrazone groups is 1. The molecule has 0 fully saturated rings. The van der Waals surface area contributed by atoms with Crippen molar-refractivity contribution in [3.8, 4) is 11.5 Å². The number of ether oxygens (including phenoxy) is 3. The molecule has 0 saturated carbocycles. The van der Waals surface area contributed by atoms with Gasteiger partial charge in [-0.15, -0.1) is 11.3 Å². The van der Waals surface area contributed by atoms with Crippen molar-refractivity contribution >= 4 is 28.9 Å². The number of amides is 2. The van der Waals surface area contributed by atoms with Gasteiger partial charge in [0.25, 0.3) is 11.8 Å². The lowest BCUT2D eigenvalue weighted by atomic mass is 10.0. The molecule has 1 aliphatic rings. The lowest BCUT2D eigenvalue weighted by Crippen LogP contribution is -2.43. The van der Waals surface area contributed by atoms with E-state index in [9.17, 15) is 14.0 Å². The van der Waals surface area contributed by atoms with Gasteiger partial charge in [0, 0.05) is 20.1 Å². The van der Waals surface area contributed by atoms with Gasteiger partial charge in [0.1, 0.15) is 12.4 Å². The van der Waals surface area contributed by atoms with Crippen molar-refractivity contribution in [3.05, 3.63) is 81.8 Å². The number of thiophene rings is 1. The maximum Gasteiger partial charge on any atom is 0.262 e. The number of rotatable bonds is 10. The van der Waals surface area contributed by atoms with Gasteiger partial charge in [-0.1, -0.05) is 24.3 Å². The van der Waals surface area contributed by atoms with Gasteiger partial charge in [-0.3, -0.25) is 9.59 Å². The Hall–Kier alpha value is -3.76. The molecule has 1 aromatic heterocycles. The maximum absolute atomic E-state index is 14.4. The van der Waals surface area contributed by atoms with Crippen LogP contribution in [0, 0.1) is 5.82 Å². The third-order valence-corrected chi connectivity index (χ3v) is 6.97. The van der Waals surface area contributed by atoms with Crippen LogP contribution in [-0.2, 0) is 9.53 Å². The van der Waals surface area contributed by atoms with Crippen LogP contribution in [0.4, 0.5) is 4.39 Å². The van der Waals surface area contributed by atoms with Crippen LogP contribution < -0.4 is 9.47 Å². The molecule has 0 aliphatic carbocycles. The number of carbonyl (C=O) groups is 2. The first-order valence-electron chi connectivity index (χ1n) is 11.6. The molecule has 8 nitrogen and oxygen atoms in total. The van der Waals surface area contributed by atoms with Crippen molar-refractivity contribution < 1.29 is 28.2 Å². The minimum atomic E-state index is -0.648. The van der Waals surface area contributed by atoms with Crippen molar-refractivity contribution in [3.63, 3.8) is 0 Å². The summed E-state index contributed by atoms with van der Waals surface area (Å²) >= 11 is 1.54. The molecule has 10 heteroatoms. The zero-order chi connectivity index (χ0) is 26.4. The van der Waals surface area contributed by atoms with Crippen LogP contribution in [0.1, 0.15) is 33.3 Å².